The van der Waals surface area contributed by atoms with E-state index in [0.29, 0.717) is 22.1 Å². The summed E-state index contributed by atoms with van der Waals surface area (Å²) < 4.78 is 86.9. The van der Waals surface area contributed by atoms with Gasteiger partial charge in [0.1, 0.15) is 5.54 Å². The first-order chi connectivity index (χ1) is 21.5. The SMILES string of the molecule is CC1(C)C(=O)N(c2ccc(OC(F)(F)F)c(NC(=O)C(NCc3ccncc3)OC(=O)C(F)(F)F)c2)C(=O)N1Cc1ccncc1. The number of anilines is 2. The molecule has 0 aliphatic carbocycles. The zero-order valence-electron chi connectivity index (χ0n) is 23.8. The summed E-state index contributed by atoms with van der Waals surface area (Å²) in [5, 5.41) is 4.21. The van der Waals surface area contributed by atoms with Crippen molar-refractivity contribution in [1.29, 1.82) is 0 Å². The number of nitrogens with zero attached hydrogens (tertiary/aromatic N) is 4. The second-order valence-corrected chi connectivity index (χ2v) is 10.2. The lowest BCUT2D eigenvalue weighted by molar-refractivity contribution is -0.274. The minimum atomic E-state index is -5.52. The van der Waals surface area contributed by atoms with Crippen LogP contribution in [0.15, 0.2) is 67.3 Å². The highest BCUT2D eigenvalue weighted by molar-refractivity contribution is 6.23. The van der Waals surface area contributed by atoms with Gasteiger partial charge in [-0.05, 0) is 67.4 Å². The lowest BCUT2D eigenvalue weighted by Gasteiger charge is -2.27. The first-order valence-electron chi connectivity index (χ1n) is 13.1. The van der Waals surface area contributed by atoms with Crippen molar-refractivity contribution in [3.63, 3.8) is 0 Å². The van der Waals surface area contributed by atoms with Gasteiger partial charge in [0.25, 0.3) is 11.8 Å². The Morgan fingerprint density at radius 1 is 0.913 bits per heavy atom. The summed E-state index contributed by atoms with van der Waals surface area (Å²) >= 11 is 0. The fourth-order valence-electron chi connectivity index (χ4n) is 4.24. The molecule has 1 aliphatic rings. The second kappa shape index (κ2) is 13.0. The molecule has 3 aromatic rings. The molecule has 4 amide bonds. The Hall–Kier alpha value is -5.26. The summed E-state index contributed by atoms with van der Waals surface area (Å²) in [6, 6.07) is 7.64. The number of esters is 1. The van der Waals surface area contributed by atoms with E-state index in [2.05, 4.69) is 24.8 Å². The molecule has 46 heavy (non-hydrogen) atoms. The molecule has 0 radical (unpaired) electrons. The van der Waals surface area contributed by atoms with Gasteiger partial charge in [0.2, 0.25) is 6.23 Å². The van der Waals surface area contributed by atoms with Crippen molar-refractivity contribution in [3.8, 4) is 5.75 Å². The second-order valence-electron chi connectivity index (χ2n) is 10.2. The number of nitrogens with one attached hydrogen (secondary N) is 2. The van der Waals surface area contributed by atoms with Gasteiger partial charge >= 0.3 is 24.5 Å². The molecule has 1 unspecified atom stereocenters. The summed E-state index contributed by atoms with van der Waals surface area (Å²) in [5.41, 5.74) is -1.54. The van der Waals surface area contributed by atoms with E-state index in [1.807, 2.05) is 5.32 Å². The van der Waals surface area contributed by atoms with Crippen LogP contribution in [0, 0.1) is 0 Å². The highest BCUT2D eigenvalue weighted by atomic mass is 19.4. The van der Waals surface area contributed by atoms with Crippen LogP contribution in [-0.4, -0.2) is 63.0 Å². The van der Waals surface area contributed by atoms with Crippen molar-refractivity contribution in [2.24, 2.45) is 0 Å². The Bertz CT molecular complexity index is 1600. The van der Waals surface area contributed by atoms with Gasteiger partial charge in [-0.3, -0.25) is 24.9 Å². The maximum Gasteiger partial charge on any atom is 0.573 e. The lowest BCUT2D eigenvalue weighted by Crippen LogP contribution is -2.46. The normalized spacial score (nSPS) is 15.5. The molecule has 1 fully saturated rings. The summed E-state index contributed by atoms with van der Waals surface area (Å²) in [6.45, 7) is 2.53. The van der Waals surface area contributed by atoms with Crippen LogP contribution in [0.3, 0.4) is 0 Å². The van der Waals surface area contributed by atoms with E-state index in [1.165, 1.54) is 55.7 Å². The van der Waals surface area contributed by atoms with Gasteiger partial charge in [-0.1, -0.05) is 0 Å². The molecule has 0 spiro atoms. The average Bonchev–Trinajstić information content (AvgIpc) is 3.14. The van der Waals surface area contributed by atoms with Gasteiger partial charge in [-0.2, -0.15) is 13.2 Å². The molecular formula is C28H24F6N6O6. The minimum Gasteiger partial charge on any atom is -0.430 e. The van der Waals surface area contributed by atoms with E-state index in [4.69, 9.17) is 0 Å². The van der Waals surface area contributed by atoms with E-state index in [-0.39, 0.29) is 18.8 Å². The maximum absolute atomic E-state index is 13.5. The highest BCUT2D eigenvalue weighted by Crippen LogP contribution is 2.38. The number of carbonyl (C=O) groups is 4. The van der Waals surface area contributed by atoms with E-state index < -0.39 is 59.6 Å². The van der Waals surface area contributed by atoms with Crippen LogP contribution in [0.25, 0.3) is 0 Å². The Morgan fingerprint density at radius 3 is 2.07 bits per heavy atom. The van der Waals surface area contributed by atoms with Gasteiger partial charge in [0.05, 0.1) is 11.4 Å². The fraction of sp³-hybridized carbons (Fsp3) is 0.286. The number of imide groups is 1. The van der Waals surface area contributed by atoms with Crippen molar-refractivity contribution in [3.05, 3.63) is 78.4 Å². The molecule has 1 atom stereocenters. The van der Waals surface area contributed by atoms with E-state index >= 15 is 0 Å². The van der Waals surface area contributed by atoms with Crippen LogP contribution in [0.2, 0.25) is 0 Å². The summed E-state index contributed by atoms with van der Waals surface area (Å²) in [7, 11) is 0. The van der Waals surface area contributed by atoms with Crippen LogP contribution in [0.4, 0.5) is 42.5 Å². The first-order valence-corrected chi connectivity index (χ1v) is 13.1. The molecular weight excluding hydrogens is 630 g/mol. The number of pyridine rings is 2. The predicted octanol–water partition coefficient (Wildman–Crippen LogP) is 4.28. The van der Waals surface area contributed by atoms with E-state index in [0.717, 1.165) is 12.1 Å². The summed E-state index contributed by atoms with van der Waals surface area (Å²) in [4.78, 5) is 61.1. The summed E-state index contributed by atoms with van der Waals surface area (Å²) in [5.74, 6) is -6.13. The molecule has 0 saturated carbocycles. The van der Waals surface area contributed by atoms with Crippen LogP contribution in [-0.2, 0) is 32.2 Å². The highest BCUT2D eigenvalue weighted by Gasteiger charge is 2.52. The monoisotopic (exact) mass is 654 g/mol. The van der Waals surface area contributed by atoms with Gasteiger partial charge in [-0.25, -0.2) is 14.5 Å². The molecule has 12 nitrogen and oxygen atoms in total. The Morgan fingerprint density at radius 2 is 1.50 bits per heavy atom. The molecule has 4 rings (SSSR count). The Kier molecular flexibility index (Phi) is 9.50. The van der Waals surface area contributed by atoms with Crippen LogP contribution in [0.5, 0.6) is 5.75 Å². The Balaban J connectivity index is 1.67. The number of halogens is 6. The molecule has 2 N–H and O–H groups in total. The number of hydrogen-bond donors (Lipinski definition) is 2. The van der Waals surface area contributed by atoms with Crippen LogP contribution < -0.4 is 20.3 Å². The quantitative estimate of drug-likeness (QED) is 0.142. The van der Waals surface area contributed by atoms with Gasteiger partial charge in [-0.15, -0.1) is 13.2 Å². The van der Waals surface area contributed by atoms with Gasteiger partial charge in [0, 0.05) is 37.9 Å². The number of aromatic nitrogens is 2. The fourth-order valence-corrected chi connectivity index (χ4v) is 4.24. The summed E-state index contributed by atoms with van der Waals surface area (Å²) in [6.07, 6.45) is -7.59. The van der Waals surface area contributed by atoms with Crippen molar-refractivity contribution in [1.82, 2.24) is 20.2 Å². The van der Waals surface area contributed by atoms with Crippen molar-refractivity contribution in [2.45, 2.75) is 51.2 Å². The average molecular weight is 655 g/mol. The standard InChI is InChI=1S/C28H24F6N6O6/c1-26(2)23(42)40(25(44)39(26)15-17-7-11-36-12-8-17)18-3-4-20(46-28(32,33)34)19(13-18)38-21(41)22(45-24(43)27(29,30)31)37-14-16-5-9-35-10-6-16/h3-13,22,37H,14-15H2,1-2H3,(H,38,41). The molecule has 1 saturated heterocycles. The zero-order valence-corrected chi connectivity index (χ0v) is 23.8. The number of urea groups is 1. The number of alkyl halides is 6. The van der Waals surface area contributed by atoms with E-state index in [1.54, 1.807) is 12.1 Å². The minimum absolute atomic E-state index is 0.0369. The van der Waals surface area contributed by atoms with Crippen molar-refractivity contribution in [2.75, 3.05) is 10.2 Å². The lowest BCUT2D eigenvalue weighted by atomic mass is 10.0. The number of carbonyl (C=O) groups excluding carboxylic acids is 4. The van der Waals surface area contributed by atoms with Crippen molar-refractivity contribution < 1.29 is 55.0 Å². The molecule has 0 bridgehead atoms. The Labute approximate surface area is 256 Å². The number of ether oxygens (including phenoxy) is 2. The third-order valence-corrected chi connectivity index (χ3v) is 6.55. The first kappa shape index (κ1) is 33.6. The number of rotatable bonds is 10. The number of benzene rings is 1. The third kappa shape index (κ3) is 7.87. The van der Waals surface area contributed by atoms with E-state index in [9.17, 15) is 45.5 Å². The maximum atomic E-state index is 13.5. The predicted molar refractivity (Wildman–Crippen MR) is 146 cm³/mol. The molecule has 3 heterocycles. The molecule has 1 aliphatic heterocycles. The number of hydrogen-bond acceptors (Lipinski definition) is 9. The molecule has 1 aromatic carbocycles. The number of amides is 4. The van der Waals surface area contributed by atoms with Crippen LogP contribution in [0.1, 0.15) is 25.0 Å². The topological polar surface area (TPSA) is 143 Å². The van der Waals surface area contributed by atoms with Crippen molar-refractivity contribution >= 4 is 35.2 Å². The van der Waals surface area contributed by atoms with Gasteiger partial charge in [0.15, 0.2) is 5.75 Å². The molecule has 18 heteroatoms. The molecule has 2 aromatic heterocycles. The van der Waals surface area contributed by atoms with Gasteiger partial charge < -0.3 is 19.7 Å². The van der Waals surface area contributed by atoms with Crippen LogP contribution >= 0.6 is 0 Å². The third-order valence-electron chi connectivity index (χ3n) is 6.55. The molecule has 244 valence electrons. The zero-order chi connectivity index (χ0) is 33.9. The largest absolute Gasteiger partial charge is 0.573 e. The smallest absolute Gasteiger partial charge is 0.430 e.